The van der Waals surface area contributed by atoms with E-state index in [-0.39, 0.29) is 6.04 Å². The summed E-state index contributed by atoms with van der Waals surface area (Å²) in [6.45, 7) is 4.68. The second-order valence-electron chi connectivity index (χ2n) is 7.68. The van der Waals surface area contributed by atoms with Crippen molar-refractivity contribution in [2.45, 2.75) is 12.6 Å². The highest BCUT2D eigenvalue weighted by molar-refractivity contribution is 5.93. The van der Waals surface area contributed by atoms with Gasteiger partial charge in [0.05, 0.1) is 6.04 Å². The van der Waals surface area contributed by atoms with Crippen LogP contribution in [0.15, 0.2) is 84.9 Å². The Labute approximate surface area is 177 Å². The fraction of sp³-hybridized carbons (Fsp3) is 0.240. The highest BCUT2D eigenvalue weighted by Gasteiger charge is 2.26. The molecule has 2 N–H and O–H groups in total. The number of hydrogen-bond acceptors (Lipinski definition) is 4. The first-order chi connectivity index (χ1) is 14.7. The molecule has 0 spiro atoms. The minimum absolute atomic E-state index is 0.256. The number of hydroxylamine groups is 1. The van der Waals surface area contributed by atoms with Crippen LogP contribution in [0, 0.1) is 0 Å². The lowest BCUT2D eigenvalue weighted by atomic mass is 9.96. The Morgan fingerprint density at radius 1 is 0.833 bits per heavy atom. The molecular weight excluding hydrogens is 374 g/mol. The van der Waals surface area contributed by atoms with Crippen molar-refractivity contribution >= 4 is 5.91 Å². The highest BCUT2D eigenvalue weighted by atomic mass is 16.5. The molecule has 0 unspecified atom stereocenters. The van der Waals surface area contributed by atoms with Crippen LogP contribution in [0.1, 0.15) is 33.1 Å². The van der Waals surface area contributed by atoms with Crippen molar-refractivity contribution in [3.63, 3.8) is 0 Å². The van der Waals surface area contributed by atoms with E-state index in [0.29, 0.717) is 5.56 Å². The zero-order chi connectivity index (χ0) is 20.8. The van der Waals surface area contributed by atoms with Gasteiger partial charge in [-0.1, -0.05) is 72.8 Å². The van der Waals surface area contributed by atoms with E-state index in [2.05, 4.69) is 70.5 Å². The number of carbonyl (C=O) groups is 1. The average molecular weight is 402 g/mol. The molecule has 3 aromatic rings. The Balaban J connectivity index is 1.44. The van der Waals surface area contributed by atoms with Gasteiger partial charge in [-0.25, -0.2) is 5.48 Å². The van der Waals surface area contributed by atoms with Crippen molar-refractivity contribution < 1.29 is 10.0 Å². The number of rotatable bonds is 6. The Kier molecular flexibility index (Phi) is 6.54. The van der Waals surface area contributed by atoms with Gasteiger partial charge in [0.15, 0.2) is 0 Å². The van der Waals surface area contributed by atoms with Crippen molar-refractivity contribution in [1.29, 1.82) is 0 Å². The third-order valence-electron chi connectivity index (χ3n) is 5.70. The first-order valence-corrected chi connectivity index (χ1v) is 10.3. The van der Waals surface area contributed by atoms with Crippen LogP contribution >= 0.6 is 0 Å². The number of nitrogens with zero attached hydrogens (tertiary/aromatic N) is 2. The Morgan fingerprint density at radius 2 is 1.43 bits per heavy atom. The molecule has 0 radical (unpaired) electrons. The summed E-state index contributed by atoms with van der Waals surface area (Å²) in [5.41, 5.74) is 5.89. The van der Waals surface area contributed by atoms with Gasteiger partial charge in [0, 0.05) is 38.3 Å². The van der Waals surface area contributed by atoms with E-state index in [9.17, 15) is 4.79 Å². The summed E-state index contributed by atoms with van der Waals surface area (Å²) < 4.78 is 0. The number of piperazine rings is 1. The van der Waals surface area contributed by atoms with Gasteiger partial charge in [-0.15, -0.1) is 0 Å². The summed E-state index contributed by atoms with van der Waals surface area (Å²) in [5.74, 6) is -0.477. The van der Waals surface area contributed by atoms with Crippen molar-refractivity contribution in [3.8, 4) is 0 Å². The maximum absolute atomic E-state index is 11.7. The summed E-state index contributed by atoms with van der Waals surface area (Å²) in [4.78, 5) is 16.6. The lowest BCUT2D eigenvalue weighted by molar-refractivity contribution is 0.0706. The summed E-state index contributed by atoms with van der Waals surface area (Å²) in [7, 11) is 0. The fourth-order valence-electron chi connectivity index (χ4n) is 4.20. The summed E-state index contributed by atoms with van der Waals surface area (Å²) >= 11 is 0. The lowest BCUT2D eigenvalue weighted by Crippen LogP contribution is -2.47. The second-order valence-corrected chi connectivity index (χ2v) is 7.68. The summed E-state index contributed by atoms with van der Waals surface area (Å²) in [6, 6.07) is 29.1. The van der Waals surface area contributed by atoms with Gasteiger partial charge >= 0.3 is 0 Å². The molecule has 5 nitrogen and oxygen atoms in total. The third-order valence-corrected chi connectivity index (χ3v) is 5.70. The van der Waals surface area contributed by atoms with Crippen LogP contribution in [0.3, 0.4) is 0 Å². The van der Waals surface area contributed by atoms with E-state index in [1.54, 1.807) is 11.5 Å². The predicted octanol–water partition coefficient (Wildman–Crippen LogP) is 3.71. The van der Waals surface area contributed by atoms with Gasteiger partial charge in [0.2, 0.25) is 0 Å². The Morgan fingerprint density at radius 3 is 2.00 bits per heavy atom. The molecule has 0 aliphatic carbocycles. The second kappa shape index (κ2) is 9.67. The number of amides is 1. The number of benzene rings is 3. The predicted molar refractivity (Wildman–Crippen MR) is 117 cm³/mol. The lowest BCUT2D eigenvalue weighted by Gasteiger charge is -2.40. The minimum Gasteiger partial charge on any atom is -0.297 e. The van der Waals surface area contributed by atoms with Crippen LogP contribution in [0.5, 0.6) is 0 Å². The van der Waals surface area contributed by atoms with Crippen LogP contribution in [0.4, 0.5) is 0 Å². The molecule has 0 aromatic heterocycles. The van der Waals surface area contributed by atoms with Gasteiger partial charge in [0.25, 0.3) is 5.91 Å². The number of carbonyl (C=O) groups excluding carboxylic acids is 1. The van der Waals surface area contributed by atoms with E-state index >= 15 is 0 Å². The number of nitrogens with one attached hydrogen (secondary N) is 1. The van der Waals surface area contributed by atoms with Gasteiger partial charge < -0.3 is 0 Å². The van der Waals surface area contributed by atoms with Crippen LogP contribution in [-0.4, -0.2) is 47.1 Å². The van der Waals surface area contributed by atoms with E-state index in [0.717, 1.165) is 38.3 Å². The molecule has 3 aromatic carbocycles. The molecule has 1 aliphatic heterocycles. The largest absolute Gasteiger partial charge is 0.297 e. The molecule has 0 saturated carbocycles. The molecule has 1 fully saturated rings. The zero-order valence-electron chi connectivity index (χ0n) is 16.9. The van der Waals surface area contributed by atoms with Crippen molar-refractivity contribution in [3.05, 3.63) is 107 Å². The van der Waals surface area contributed by atoms with Crippen LogP contribution in [0.2, 0.25) is 0 Å². The van der Waals surface area contributed by atoms with Gasteiger partial charge in [-0.3, -0.25) is 19.8 Å². The maximum Gasteiger partial charge on any atom is 0.274 e. The molecule has 0 bridgehead atoms. The summed E-state index contributed by atoms with van der Waals surface area (Å²) in [6.07, 6.45) is 0. The van der Waals surface area contributed by atoms with Crippen LogP contribution in [-0.2, 0) is 6.54 Å². The Hall–Kier alpha value is -2.99. The average Bonchev–Trinajstić information content (AvgIpc) is 2.81. The van der Waals surface area contributed by atoms with Crippen molar-refractivity contribution in [2.75, 3.05) is 26.2 Å². The number of hydrogen-bond donors (Lipinski definition) is 2. The van der Waals surface area contributed by atoms with E-state index in [4.69, 9.17) is 5.21 Å². The van der Waals surface area contributed by atoms with E-state index < -0.39 is 5.91 Å². The molecule has 1 amide bonds. The van der Waals surface area contributed by atoms with E-state index in [1.165, 1.54) is 11.1 Å². The first kappa shape index (κ1) is 20.3. The molecular formula is C25H27N3O2. The molecule has 5 heteroatoms. The van der Waals surface area contributed by atoms with Crippen molar-refractivity contribution in [2.24, 2.45) is 0 Å². The molecule has 0 atom stereocenters. The monoisotopic (exact) mass is 401 g/mol. The maximum atomic E-state index is 11.7. The standard InChI is InChI=1S/C25H27N3O2/c29-25(26-30)23-13-7-8-20(18-23)19-27-14-16-28(17-15-27)24(21-9-3-1-4-10-21)22-11-5-2-6-12-22/h1-13,18,24,30H,14-17,19H2,(H,26,29). The van der Waals surface area contributed by atoms with Gasteiger partial charge in [-0.2, -0.15) is 0 Å². The van der Waals surface area contributed by atoms with E-state index in [1.807, 2.05) is 18.2 Å². The molecule has 4 rings (SSSR count). The minimum atomic E-state index is -0.477. The van der Waals surface area contributed by atoms with Gasteiger partial charge in [-0.05, 0) is 28.8 Å². The summed E-state index contributed by atoms with van der Waals surface area (Å²) in [5, 5.41) is 8.85. The van der Waals surface area contributed by atoms with Crippen molar-refractivity contribution in [1.82, 2.24) is 15.3 Å². The highest BCUT2D eigenvalue weighted by Crippen LogP contribution is 2.29. The molecule has 154 valence electrons. The first-order valence-electron chi connectivity index (χ1n) is 10.3. The van der Waals surface area contributed by atoms with Crippen LogP contribution < -0.4 is 5.48 Å². The molecule has 1 aliphatic rings. The topological polar surface area (TPSA) is 55.8 Å². The molecule has 1 saturated heterocycles. The SMILES string of the molecule is O=C(NO)c1cccc(CN2CCN(C(c3ccccc3)c3ccccc3)CC2)c1. The van der Waals surface area contributed by atoms with Crippen LogP contribution in [0.25, 0.3) is 0 Å². The molecule has 30 heavy (non-hydrogen) atoms. The smallest absolute Gasteiger partial charge is 0.274 e. The Bertz CT molecular complexity index is 915. The zero-order valence-corrected chi connectivity index (χ0v) is 16.9. The quantitative estimate of drug-likeness (QED) is 0.488. The molecule has 1 heterocycles. The fourth-order valence-corrected chi connectivity index (χ4v) is 4.20. The van der Waals surface area contributed by atoms with Gasteiger partial charge in [0.1, 0.15) is 0 Å². The third kappa shape index (κ3) is 4.76. The normalized spacial score (nSPS) is 15.3.